The highest BCUT2D eigenvalue weighted by atomic mass is 32.1. The summed E-state index contributed by atoms with van der Waals surface area (Å²) in [5, 5.41) is 14.9. The van der Waals surface area contributed by atoms with E-state index in [1.807, 2.05) is 24.3 Å². The largest absolute Gasteiger partial charge is 0.363 e. The van der Waals surface area contributed by atoms with Crippen LogP contribution in [0.4, 0.5) is 5.82 Å². The summed E-state index contributed by atoms with van der Waals surface area (Å²) < 4.78 is 0. The molecular formula is C20H17N5S. The highest BCUT2D eigenvalue weighted by Gasteiger charge is 2.05. The number of nitrogens with one attached hydrogen (secondary N) is 1. The van der Waals surface area contributed by atoms with E-state index >= 15 is 0 Å². The molecule has 1 N–H and O–H groups in total. The van der Waals surface area contributed by atoms with Crippen molar-refractivity contribution in [3.05, 3.63) is 77.6 Å². The first-order valence-electron chi connectivity index (χ1n) is 8.27. The summed E-state index contributed by atoms with van der Waals surface area (Å²) in [7, 11) is 0. The van der Waals surface area contributed by atoms with E-state index in [1.54, 1.807) is 23.7 Å². The average Bonchev–Trinajstić information content (AvgIpc) is 3.17. The lowest BCUT2D eigenvalue weighted by Crippen LogP contribution is -2.03. The van der Waals surface area contributed by atoms with Crippen molar-refractivity contribution < 1.29 is 0 Å². The van der Waals surface area contributed by atoms with Crippen molar-refractivity contribution >= 4 is 17.2 Å². The Balaban J connectivity index is 1.41. The molecule has 0 aliphatic heterocycles. The van der Waals surface area contributed by atoms with Crippen LogP contribution >= 0.6 is 11.3 Å². The summed E-state index contributed by atoms with van der Waals surface area (Å²) >= 11 is 1.62. The Kier molecular flexibility index (Phi) is 4.66. The van der Waals surface area contributed by atoms with Crippen molar-refractivity contribution in [3.63, 3.8) is 0 Å². The van der Waals surface area contributed by atoms with Gasteiger partial charge in [0.15, 0.2) is 0 Å². The van der Waals surface area contributed by atoms with E-state index in [-0.39, 0.29) is 0 Å². The van der Waals surface area contributed by atoms with Crippen LogP contribution in [0, 0.1) is 6.92 Å². The molecule has 0 aliphatic carbocycles. The fourth-order valence-electron chi connectivity index (χ4n) is 2.50. The summed E-state index contributed by atoms with van der Waals surface area (Å²) in [6, 6.07) is 16.1. The lowest BCUT2D eigenvalue weighted by Gasteiger charge is -2.04. The lowest BCUT2D eigenvalue weighted by atomic mass is 10.1. The summed E-state index contributed by atoms with van der Waals surface area (Å²) in [6.45, 7) is 2.68. The first-order valence-corrected chi connectivity index (χ1v) is 9.15. The second-order valence-corrected chi connectivity index (χ2v) is 6.76. The molecule has 0 radical (unpaired) electrons. The molecule has 5 nitrogen and oxygen atoms in total. The van der Waals surface area contributed by atoms with Gasteiger partial charge in [0.2, 0.25) is 0 Å². The molecule has 0 amide bonds. The molecule has 0 fully saturated rings. The summed E-state index contributed by atoms with van der Waals surface area (Å²) in [6.07, 6.45) is 3.56. The SMILES string of the molecule is Cc1ccc(-c2ccc(NCc3csc(-c4ccncc4)n3)nn2)cc1. The number of pyridine rings is 1. The molecule has 0 aliphatic rings. The maximum atomic E-state index is 4.65. The van der Waals surface area contributed by atoms with Gasteiger partial charge >= 0.3 is 0 Å². The van der Waals surface area contributed by atoms with Crippen molar-refractivity contribution in [2.45, 2.75) is 13.5 Å². The molecule has 6 heteroatoms. The molecule has 0 atom stereocenters. The molecule has 3 heterocycles. The third kappa shape index (κ3) is 3.75. The normalized spacial score (nSPS) is 10.7. The van der Waals surface area contributed by atoms with Gasteiger partial charge in [0, 0.05) is 28.9 Å². The van der Waals surface area contributed by atoms with E-state index in [0.29, 0.717) is 6.54 Å². The lowest BCUT2D eigenvalue weighted by molar-refractivity contribution is 0.990. The average molecular weight is 359 g/mol. The van der Waals surface area contributed by atoms with Crippen molar-refractivity contribution in [3.8, 4) is 21.8 Å². The van der Waals surface area contributed by atoms with Gasteiger partial charge in [-0.05, 0) is 31.2 Å². The number of hydrogen-bond donors (Lipinski definition) is 1. The minimum atomic E-state index is 0.611. The Labute approximate surface area is 155 Å². The zero-order valence-electron chi connectivity index (χ0n) is 14.3. The molecule has 26 heavy (non-hydrogen) atoms. The maximum absolute atomic E-state index is 4.65. The number of nitrogens with zero attached hydrogens (tertiary/aromatic N) is 4. The third-order valence-corrected chi connectivity index (χ3v) is 4.88. The van der Waals surface area contributed by atoms with Gasteiger partial charge in [0.25, 0.3) is 0 Å². The molecule has 4 aromatic rings. The molecule has 3 aromatic heterocycles. The van der Waals surface area contributed by atoms with Gasteiger partial charge < -0.3 is 5.32 Å². The second-order valence-electron chi connectivity index (χ2n) is 5.90. The molecule has 0 unspecified atom stereocenters. The number of aryl methyl sites for hydroxylation is 1. The van der Waals surface area contributed by atoms with E-state index in [4.69, 9.17) is 0 Å². The number of benzene rings is 1. The maximum Gasteiger partial charge on any atom is 0.149 e. The number of rotatable bonds is 5. The predicted octanol–water partition coefficient (Wildman–Crippen LogP) is 4.58. The van der Waals surface area contributed by atoms with Crippen LogP contribution in [-0.2, 0) is 6.54 Å². The van der Waals surface area contributed by atoms with Gasteiger partial charge in [-0.15, -0.1) is 21.5 Å². The first kappa shape index (κ1) is 16.4. The van der Waals surface area contributed by atoms with E-state index < -0.39 is 0 Å². The van der Waals surface area contributed by atoms with Crippen LogP contribution in [0.1, 0.15) is 11.3 Å². The van der Waals surface area contributed by atoms with Gasteiger partial charge in [0.1, 0.15) is 10.8 Å². The highest BCUT2D eigenvalue weighted by molar-refractivity contribution is 7.13. The quantitative estimate of drug-likeness (QED) is 0.565. The van der Waals surface area contributed by atoms with Crippen LogP contribution in [0.3, 0.4) is 0 Å². The molecule has 0 spiro atoms. The van der Waals surface area contributed by atoms with Crippen LogP contribution in [-0.4, -0.2) is 20.2 Å². The van der Waals surface area contributed by atoms with Gasteiger partial charge in [-0.1, -0.05) is 29.8 Å². The minimum absolute atomic E-state index is 0.611. The van der Waals surface area contributed by atoms with Crippen LogP contribution in [0.15, 0.2) is 66.3 Å². The van der Waals surface area contributed by atoms with Crippen LogP contribution in [0.5, 0.6) is 0 Å². The summed E-state index contributed by atoms with van der Waals surface area (Å²) in [5.41, 5.74) is 5.22. The topological polar surface area (TPSA) is 63.6 Å². The molecular weight excluding hydrogens is 342 g/mol. The molecule has 128 valence electrons. The molecule has 4 rings (SSSR count). The monoisotopic (exact) mass is 359 g/mol. The molecule has 1 aromatic carbocycles. The number of anilines is 1. The van der Waals surface area contributed by atoms with E-state index in [1.165, 1.54) is 5.56 Å². The van der Waals surface area contributed by atoms with Crippen molar-refractivity contribution in [1.82, 2.24) is 20.2 Å². The molecule has 0 saturated heterocycles. The Morgan fingerprint density at radius 1 is 0.885 bits per heavy atom. The summed E-state index contributed by atoms with van der Waals surface area (Å²) in [5.74, 6) is 0.735. The minimum Gasteiger partial charge on any atom is -0.363 e. The molecule has 0 bridgehead atoms. The van der Waals surface area contributed by atoms with Gasteiger partial charge in [-0.2, -0.15) is 0 Å². The number of aromatic nitrogens is 4. The van der Waals surface area contributed by atoms with E-state index in [2.05, 4.69) is 62.1 Å². The second kappa shape index (κ2) is 7.41. The smallest absolute Gasteiger partial charge is 0.149 e. The Morgan fingerprint density at radius 2 is 1.69 bits per heavy atom. The van der Waals surface area contributed by atoms with Gasteiger partial charge in [-0.25, -0.2) is 4.98 Å². The third-order valence-electron chi connectivity index (χ3n) is 3.94. The fourth-order valence-corrected chi connectivity index (χ4v) is 3.33. The zero-order valence-corrected chi connectivity index (χ0v) is 15.1. The van der Waals surface area contributed by atoms with Crippen molar-refractivity contribution in [2.75, 3.05) is 5.32 Å². The summed E-state index contributed by atoms with van der Waals surface area (Å²) in [4.78, 5) is 8.69. The number of thiazole rings is 1. The molecule has 0 saturated carbocycles. The first-order chi connectivity index (χ1) is 12.8. The highest BCUT2D eigenvalue weighted by Crippen LogP contribution is 2.23. The van der Waals surface area contributed by atoms with Crippen LogP contribution in [0.2, 0.25) is 0 Å². The standard InChI is InChI=1S/C20H17N5S/c1-14-2-4-15(5-3-14)18-6-7-19(25-24-18)22-12-17-13-26-20(23-17)16-8-10-21-11-9-16/h2-11,13H,12H2,1H3,(H,22,25). The Morgan fingerprint density at radius 3 is 2.42 bits per heavy atom. The van der Waals surface area contributed by atoms with Crippen molar-refractivity contribution in [1.29, 1.82) is 0 Å². The van der Waals surface area contributed by atoms with Crippen molar-refractivity contribution in [2.24, 2.45) is 0 Å². The zero-order chi connectivity index (χ0) is 17.8. The van der Waals surface area contributed by atoms with E-state index in [0.717, 1.165) is 33.3 Å². The fraction of sp³-hybridized carbons (Fsp3) is 0.100. The predicted molar refractivity (Wildman–Crippen MR) is 105 cm³/mol. The van der Waals surface area contributed by atoms with Crippen LogP contribution < -0.4 is 5.32 Å². The Bertz CT molecular complexity index is 979. The Hall–Kier alpha value is -3.12. The van der Waals surface area contributed by atoms with Gasteiger partial charge in [-0.3, -0.25) is 4.98 Å². The van der Waals surface area contributed by atoms with Gasteiger partial charge in [0.05, 0.1) is 17.9 Å². The number of hydrogen-bond acceptors (Lipinski definition) is 6. The van der Waals surface area contributed by atoms with E-state index in [9.17, 15) is 0 Å². The van der Waals surface area contributed by atoms with Crippen LogP contribution in [0.25, 0.3) is 21.8 Å².